The highest BCUT2D eigenvalue weighted by Gasteiger charge is 2.31. The van der Waals surface area contributed by atoms with Crippen molar-refractivity contribution >= 4 is 23.5 Å². The molecule has 28 heavy (non-hydrogen) atoms. The van der Waals surface area contributed by atoms with Crippen molar-refractivity contribution in [2.45, 2.75) is 25.7 Å². The molecule has 1 saturated heterocycles. The molecule has 144 valence electrons. The van der Waals surface area contributed by atoms with Gasteiger partial charge in [0.05, 0.1) is 5.69 Å². The van der Waals surface area contributed by atoms with E-state index in [-0.39, 0.29) is 11.8 Å². The van der Waals surface area contributed by atoms with E-state index in [0.717, 1.165) is 67.2 Å². The van der Waals surface area contributed by atoms with Crippen LogP contribution >= 0.6 is 0 Å². The van der Waals surface area contributed by atoms with E-state index in [2.05, 4.69) is 14.9 Å². The zero-order valence-corrected chi connectivity index (χ0v) is 15.8. The molecular formula is C21H23N5O2. The zero-order chi connectivity index (χ0) is 19.1. The normalized spacial score (nSPS) is 18.9. The van der Waals surface area contributed by atoms with Crippen molar-refractivity contribution < 1.29 is 9.59 Å². The van der Waals surface area contributed by atoms with Crippen LogP contribution < -0.4 is 9.80 Å². The Hall–Kier alpha value is -2.96. The number of amides is 2. The summed E-state index contributed by atoms with van der Waals surface area (Å²) in [5.41, 5.74) is 4.13. The molecule has 5 rings (SSSR count). The lowest BCUT2D eigenvalue weighted by molar-refractivity contribution is -0.119. The Bertz CT molecular complexity index is 905. The minimum absolute atomic E-state index is 0.0849. The average molecular weight is 377 g/mol. The fourth-order valence-corrected chi connectivity index (χ4v) is 4.52. The smallest absolute Gasteiger partial charge is 0.253 e. The Balaban J connectivity index is 1.35. The molecule has 0 atom stereocenters. The molecule has 1 aromatic heterocycles. The van der Waals surface area contributed by atoms with Crippen LogP contribution in [0.25, 0.3) is 0 Å². The molecule has 1 fully saturated rings. The molecule has 0 unspecified atom stereocenters. The fourth-order valence-electron chi connectivity index (χ4n) is 4.52. The lowest BCUT2D eigenvalue weighted by Gasteiger charge is -2.37. The first-order valence-electron chi connectivity index (χ1n) is 9.98. The topological polar surface area (TPSA) is 69.6 Å². The molecule has 1 aromatic carbocycles. The first-order chi connectivity index (χ1) is 13.7. The minimum atomic E-state index is 0.0849. The Labute approximate surface area is 164 Å². The third-order valence-electron chi connectivity index (χ3n) is 5.92. The van der Waals surface area contributed by atoms with E-state index in [1.165, 1.54) is 0 Å². The van der Waals surface area contributed by atoms with E-state index >= 15 is 0 Å². The van der Waals surface area contributed by atoms with E-state index in [9.17, 15) is 9.59 Å². The van der Waals surface area contributed by atoms with Crippen molar-refractivity contribution in [3.8, 4) is 0 Å². The summed E-state index contributed by atoms with van der Waals surface area (Å²) in [7, 11) is 0. The predicted octanol–water partition coefficient (Wildman–Crippen LogP) is 1.66. The summed E-state index contributed by atoms with van der Waals surface area (Å²) in [5, 5.41) is 0. The molecule has 0 N–H and O–H groups in total. The number of hydrogen-bond donors (Lipinski definition) is 0. The highest BCUT2D eigenvalue weighted by Crippen LogP contribution is 2.36. The maximum Gasteiger partial charge on any atom is 0.253 e. The zero-order valence-electron chi connectivity index (χ0n) is 15.8. The largest absolute Gasteiger partial charge is 0.337 e. The van der Waals surface area contributed by atoms with Crippen molar-refractivity contribution in [2.24, 2.45) is 0 Å². The van der Waals surface area contributed by atoms with Crippen molar-refractivity contribution in [1.29, 1.82) is 0 Å². The summed E-state index contributed by atoms with van der Waals surface area (Å²) in [6.07, 6.45) is 6.66. The molecule has 2 amide bonds. The summed E-state index contributed by atoms with van der Waals surface area (Å²) in [5.74, 6) is 1.02. The van der Waals surface area contributed by atoms with Gasteiger partial charge in [-0.3, -0.25) is 9.59 Å². The number of anilines is 2. The Morgan fingerprint density at radius 3 is 2.36 bits per heavy atom. The van der Waals surface area contributed by atoms with E-state index in [1.54, 1.807) is 18.5 Å². The standard InChI is InChI=1S/C21H23N5O2/c27-18-5-4-16-14-17(13-15-3-1-8-26(18)19(15)16)20(28)24-9-11-25(12-10-24)21-22-6-2-7-23-21/h2,6-7,13-14H,1,3-5,8-12H2. The summed E-state index contributed by atoms with van der Waals surface area (Å²) in [6, 6.07) is 5.83. The molecule has 2 aromatic rings. The van der Waals surface area contributed by atoms with Crippen LogP contribution in [0.3, 0.4) is 0 Å². The third kappa shape index (κ3) is 2.91. The summed E-state index contributed by atoms with van der Waals surface area (Å²) in [4.78, 5) is 39.9. The minimum Gasteiger partial charge on any atom is -0.337 e. The predicted molar refractivity (Wildman–Crippen MR) is 106 cm³/mol. The Kier molecular flexibility index (Phi) is 4.22. The Morgan fingerprint density at radius 2 is 1.61 bits per heavy atom. The summed E-state index contributed by atoms with van der Waals surface area (Å²) >= 11 is 0. The number of carbonyl (C=O) groups excluding carboxylic acids is 2. The second-order valence-corrected chi connectivity index (χ2v) is 7.62. The average Bonchev–Trinajstić information content (AvgIpc) is 2.76. The summed E-state index contributed by atoms with van der Waals surface area (Å²) in [6.45, 7) is 3.59. The number of aryl methyl sites for hydroxylation is 2. The lowest BCUT2D eigenvalue weighted by Crippen LogP contribution is -2.49. The summed E-state index contributed by atoms with van der Waals surface area (Å²) < 4.78 is 0. The van der Waals surface area contributed by atoms with E-state index in [4.69, 9.17) is 0 Å². The van der Waals surface area contributed by atoms with Crippen LogP contribution in [0.5, 0.6) is 0 Å². The second kappa shape index (κ2) is 6.89. The first-order valence-corrected chi connectivity index (χ1v) is 9.98. The van der Waals surface area contributed by atoms with Gasteiger partial charge >= 0.3 is 0 Å². The monoisotopic (exact) mass is 377 g/mol. The number of benzene rings is 1. The SMILES string of the molecule is O=C(c1cc2c3c(c1)CCC(=O)N3CCC2)N1CCN(c2ncccn2)CC1. The number of rotatable bonds is 2. The van der Waals surface area contributed by atoms with Crippen molar-refractivity contribution in [3.63, 3.8) is 0 Å². The van der Waals surface area contributed by atoms with Gasteiger partial charge in [-0.2, -0.15) is 0 Å². The van der Waals surface area contributed by atoms with Gasteiger partial charge in [0.2, 0.25) is 11.9 Å². The quantitative estimate of drug-likeness (QED) is 0.796. The van der Waals surface area contributed by atoms with Crippen LogP contribution in [0.1, 0.15) is 34.3 Å². The van der Waals surface area contributed by atoms with E-state index in [1.807, 2.05) is 21.9 Å². The van der Waals surface area contributed by atoms with Crippen molar-refractivity contribution in [2.75, 3.05) is 42.5 Å². The maximum atomic E-state index is 13.2. The van der Waals surface area contributed by atoms with Crippen molar-refractivity contribution in [1.82, 2.24) is 14.9 Å². The number of aromatic nitrogens is 2. The Morgan fingerprint density at radius 1 is 0.893 bits per heavy atom. The van der Waals surface area contributed by atoms with Crippen LogP contribution in [-0.4, -0.2) is 59.4 Å². The highest BCUT2D eigenvalue weighted by molar-refractivity contribution is 6.00. The molecule has 7 heteroatoms. The van der Waals surface area contributed by atoms with Gasteiger partial charge in [-0.05, 0) is 48.6 Å². The van der Waals surface area contributed by atoms with Crippen LogP contribution in [0, 0.1) is 0 Å². The molecule has 0 radical (unpaired) electrons. The van der Waals surface area contributed by atoms with Crippen LogP contribution in [-0.2, 0) is 17.6 Å². The van der Waals surface area contributed by atoms with Gasteiger partial charge in [-0.25, -0.2) is 9.97 Å². The van der Waals surface area contributed by atoms with Gasteiger partial charge in [-0.1, -0.05) is 0 Å². The molecule has 3 aliphatic rings. The van der Waals surface area contributed by atoms with Crippen LogP contribution in [0.15, 0.2) is 30.6 Å². The molecule has 3 aliphatic heterocycles. The van der Waals surface area contributed by atoms with Crippen molar-refractivity contribution in [3.05, 3.63) is 47.3 Å². The second-order valence-electron chi connectivity index (χ2n) is 7.62. The molecular weight excluding hydrogens is 354 g/mol. The van der Waals surface area contributed by atoms with E-state index in [0.29, 0.717) is 19.5 Å². The number of carbonyl (C=O) groups is 2. The fraction of sp³-hybridized carbons (Fsp3) is 0.429. The number of nitrogens with zero attached hydrogens (tertiary/aromatic N) is 5. The van der Waals surface area contributed by atoms with Gasteiger partial charge in [0, 0.05) is 57.1 Å². The number of hydrogen-bond acceptors (Lipinski definition) is 5. The lowest BCUT2D eigenvalue weighted by atomic mass is 9.89. The molecule has 0 saturated carbocycles. The van der Waals surface area contributed by atoms with Crippen LogP contribution in [0.4, 0.5) is 11.6 Å². The van der Waals surface area contributed by atoms with Gasteiger partial charge < -0.3 is 14.7 Å². The molecule has 0 spiro atoms. The highest BCUT2D eigenvalue weighted by atomic mass is 16.2. The maximum absolute atomic E-state index is 13.2. The molecule has 7 nitrogen and oxygen atoms in total. The van der Waals surface area contributed by atoms with Gasteiger partial charge in [-0.15, -0.1) is 0 Å². The first kappa shape index (κ1) is 17.2. The third-order valence-corrected chi connectivity index (χ3v) is 5.92. The molecule has 4 heterocycles. The molecule has 0 bridgehead atoms. The van der Waals surface area contributed by atoms with Crippen LogP contribution in [0.2, 0.25) is 0 Å². The van der Waals surface area contributed by atoms with Gasteiger partial charge in [0.1, 0.15) is 0 Å². The molecule has 0 aliphatic carbocycles. The number of piperazine rings is 1. The van der Waals surface area contributed by atoms with E-state index < -0.39 is 0 Å². The van der Waals surface area contributed by atoms with Gasteiger partial charge in [0.25, 0.3) is 5.91 Å². The van der Waals surface area contributed by atoms with Gasteiger partial charge in [0.15, 0.2) is 0 Å².